The summed E-state index contributed by atoms with van der Waals surface area (Å²) in [7, 11) is 7.53. The summed E-state index contributed by atoms with van der Waals surface area (Å²) in [4.78, 5) is 140. The van der Waals surface area contributed by atoms with Crippen molar-refractivity contribution in [2.24, 2.45) is 35.5 Å². The van der Waals surface area contributed by atoms with Crippen molar-refractivity contribution in [1.82, 2.24) is 30.2 Å². The number of nitrogens with zero attached hydrogens (tertiary/aromatic N) is 4. The van der Waals surface area contributed by atoms with Crippen molar-refractivity contribution in [2.45, 2.75) is 220 Å². The maximum atomic E-state index is 14.9. The van der Waals surface area contributed by atoms with Gasteiger partial charge < -0.3 is 79.9 Å². The number of aliphatic hydroxyl groups excluding tert-OH is 4. The Morgan fingerprint density at radius 1 is 0.773 bits per heavy atom. The molecule has 4 rings (SSSR count). The lowest BCUT2D eigenvalue weighted by molar-refractivity contribution is -0.271. The number of nitrogens with one attached hydrogen (secondary N) is 3. The van der Waals surface area contributed by atoms with Gasteiger partial charge in [-0.05, 0) is 72.6 Å². The summed E-state index contributed by atoms with van der Waals surface area (Å²) in [6.07, 6.45) is -8.79. The second-order valence-electron chi connectivity index (χ2n) is 26.9. The molecule has 0 aliphatic carbocycles. The Bertz CT molecular complexity index is 2940. The molecule has 16 atom stereocenters. The number of carbonyl (C=O) groups excluding carboxylic acids is 9. The Hall–Kier alpha value is -7.14. The molecule has 27 heteroatoms. The highest BCUT2D eigenvalue weighted by atomic mass is 16.7. The molecule has 2 saturated heterocycles. The zero-order valence-electron chi connectivity index (χ0n) is 59.3. The normalized spacial score (nSPS) is 20.9. The third-order valence-corrected chi connectivity index (χ3v) is 18.8. The van der Waals surface area contributed by atoms with E-state index in [0.29, 0.717) is 63.5 Å². The van der Waals surface area contributed by atoms with Gasteiger partial charge in [-0.2, -0.15) is 0 Å². The average molecular weight is 1370 g/mol. The van der Waals surface area contributed by atoms with E-state index in [0.717, 1.165) is 4.90 Å². The summed E-state index contributed by atoms with van der Waals surface area (Å²) in [5.41, 5.74) is 0.859. The number of Topliss-reactive ketones (excluding diaryl/α,β-unsaturated/α-hetero) is 2. The SMILES string of the molecule is CC[C@H](C)[C@@H]([C@@H](CC(=O)N1CCCC1[C@H](OC)[C@@H](C)C(=O)C[C@H](C)[C@@H](O)c1ccccc1)OC)N(C)C(=O)[C@@H](NC(=O)[C@H](C(C)C)N(C)C(=O)OCc1ccc(O[C@@H]2O[C@H](C(=O)O)[C@@H](O)[C@H](O)[C@H]2O)c(NC(=O)CCNC(=O)[C@H](C)CCCCCC(=O)CN(C)C(C)=O)c1)C(C)C. The van der Waals surface area contributed by atoms with E-state index in [-0.39, 0.29) is 90.5 Å². The van der Waals surface area contributed by atoms with Crippen LogP contribution in [0.3, 0.4) is 0 Å². The Kier molecular flexibility index (Phi) is 33.5. The number of aliphatic hydroxyl groups is 4. The van der Waals surface area contributed by atoms with Crippen molar-refractivity contribution in [1.29, 1.82) is 0 Å². The molecule has 7 amide bonds. The second-order valence-corrected chi connectivity index (χ2v) is 26.9. The molecule has 0 aromatic heterocycles. The van der Waals surface area contributed by atoms with Crippen LogP contribution in [-0.2, 0) is 68.7 Å². The highest BCUT2D eigenvalue weighted by molar-refractivity contribution is 5.94. The van der Waals surface area contributed by atoms with E-state index in [1.165, 1.54) is 56.2 Å². The van der Waals surface area contributed by atoms with Gasteiger partial charge in [-0.3, -0.25) is 43.3 Å². The number of anilines is 1. The lowest BCUT2D eigenvalue weighted by Crippen LogP contribution is -2.61. The fourth-order valence-electron chi connectivity index (χ4n) is 12.6. The first-order valence-corrected chi connectivity index (χ1v) is 33.8. The van der Waals surface area contributed by atoms with Crippen LogP contribution in [0.1, 0.15) is 157 Å². The molecule has 0 saturated carbocycles. The average Bonchev–Trinajstić information content (AvgIpc) is 1.68. The van der Waals surface area contributed by atoms with E-state index in [1.807, 2.05) is 51.1 Å². The van der Waals surface area contributed by atoms with Crippen LogP contribution in [0.25, 0.3) is 0 Å². The van der Waals surface area contributed by atoms with E-state index in [2.05, 4.69) is 16.0 Å². The number of carboxylic acid groups (broad SMARTS) is 1. The monoisotopic (exact) mass is 1370 g/mol. The smallest absolute Gasteiger partial charge is 0.410 e. The molecule has 2 aliphatic heterocycles. The summed E-state index contributed by atoms with van der Waals surface area (Å²) < 4.78 is 29.0. The zero-order valence-corrected chi connectivity index (χ0v) is 59.3. The van der Waals surface area contributed by atoms with Crippen LogP contribution in [0.5, 0.6) is 5.75 Å². The Morgan fingerprint density at radius 3 is 2.04 bits per heavy atom. The van der Waals surface area contributed by atoms with Crippen molar-refractivity contribution in [3.8, 4) is 5.75 Å². The lowest BCUT2D eigenvalue weighted by atomic mass is 9.85. The van der Waals surface area contributed by atoms with Crippen molar-refractivity contribution in [3.05, 3.63) is 59.7 Å². The Labute approximate surface area is 570 Å². The third kappa shape index (κ3) is 23.5. The molecule has 0 bridgehead atoms. The van der Waals surface area contributed by atoms with Crippen LogP contribution in [0, 0.1) is 35.5 Å². The first-order chi connectivity index (χ1) is 45.7. The van der Waals surface area contributed by atoms with Gasteiger partial charge in [-0.15, -0.1) is 0 Å². The van der Waals surface area contributed by atoms with E-state index in [1.54, 1.807) is 60.5 Å². The molecule has 1 unspecified atom stereocenters. The van der Waals surface area contributed by atoms with Gasteiger partial charge in [0.05, 0.1) is 49.0 Å². The molecule has 2 fully saturated rings. The molecule has 0 radical (unpaired) electrons. The molecule has 97 heavy (non-hydrogen) atoms. The van der Waals surface area contributed by atoms with E-state index < -0.39 is 133 Å². The molecular formula is C70H109N7O20. The highest BCUT2D eigenvalue weighted by Gasteiger charge is 2.49. The minimum absolute atomic E-state index is 0.0361. The van der Waals surface area contributed by atoms with Gasteiger partial charge in [0.1, 0.15) is 48.5 Å². The largest absolute Gasteiger partial charge is 0.479 e. The first-order valence-electron chi connectivity index (χ1n) is 33.8. The Morgan fingerprint density at radius 2 is 1.44 bits per heavy atom. The number of carboxylic acids is 1. The number of hydrogen-bond donors (Lipinski definition) is 8. The van der Waals surface area contributed by atoms with E-state index in [4.69, 9.17) is 23.7 Å². The molecule has 8 N–H and O–H groups in total. The molecular weight excluding hydrogens is 1260 g/mol. The Balaban J connectivity index is 1.46. The number of carbonyl (C=O) groups is 10. The first kappa shape index (κ1) is 82.3. The number of ether oxygens (including phenoxy) is 5. The molecule has 27 nitrogen and oxygen atoms in total. The van der Waals surface area contributed by atoms with Crippen LogP contribution < -0.4 is 20.7 Å². The molecule has 2 aromatic carbocycles. The molecule has 2 aromatic rings. The van der Waals surface area contributed by atoms with Crippen LogP contribution >= 0.6 is 0 Å². The summed E-state index contributed by atoms with van der Waals surface area (Å²) in [6, 6.07) is 9.80. The van der Waals surface area contributed by atoms with E-state index in [9.17, 15) is 73.5 Å². The van der Waals surface area contributed by atoms with Crippen LogP contribution in [0.4, 0.5) is 10.5 Å². The van der Waals surface area contributed by atoms with Gasteiger partial charge in [-0.1, -0.05) is 118 Å². The number of unbranched alkanes of at least 4 members (excludes halogenated alkanes) is 2. The molecule has 2 heterocycles. The van der Waals surface area contributed by atoms with Gasteiger partial charge in [0.25, 0.3) is 0 Å². The summed E-state index contributed by atoms with van der Waals surface area (Å²) >= 11 is 0. The number of hydrogen-bond acceptors (Lipinski definition) is 19. The van der Waals surface area contributed by atoms with Gasteiger partial charge in [0.15, 0.2) is 11.9 Å². The maximum absolute atomic E-state index is 14.9. The summed E-state index contributed by atoms with van der Waals surface area (Å²) in [5, 5.41) is 60.6. The minimum atomic E-state index is -2.03. The van der Waals surface area contributed by atoms with Crippen molar-refractivity contribution >= 4 is 64.8 Å². The quantitative estimate of drug-likeness (QED) is 0.0407. The minimum Gasteiger partial charge on any atom is -0.479 e. The number of amides is 7. The lowest BCUT2D eigenvalue weighted by Gasteiger charge is -2.41. The van der Waals surface area contributed by atoms with Gasteiger partial charge in [-0.25, -0.2) is 9.59 Å². The molecule has 0 spiro atoms. The number of aliphatic carboxylic acids is 1. The fraction of sp³-hybridized carbons (Fsp3) is 0.686. The fourth-order valence-corrected chi connectivity index (χ4v) is 12.6. The van der Waals surface area contributed by atoms with Gasteiger partial charge in [0.2, 0.25) is 41.7 Å². The van der Waals surface area contributed by atoms with Gasteiger partial charge in [0, 0.05) is 86.5 Å². The standard InChI is InChI=1S/C70H109N7O20/c1-16-41(6)58(53(93-14)36-55(82)77-33-23-28-50(77)63(94-15)44(9)51(80)34-43(8)59(83)47-25-20-18-21-26-47)75(12)67(89)56(39(2)3)73-66(88)57(40(4)5)76(13)70(92)95-38-46-29-30-52(96-69-62(86)60(84)61(85)64(97-69)68(90)91)49(35-46)72-54(81)31-32-71-65(87)42(7)24-19-17-22-27-48(79)37-74(11)45(10)78/h18,20-21,25-26,29-30,35,39-44,50,53,56-64,69,83-86H,16-17,19,22-24,27-28,31-34,36-38H2,1-15H3,(H,71,87)(H,72,81)(H,73,88)(H,90,91)/t41-,42+,43-,44-,50?,53+,56-,57-,58-,59+,60-,61-,62+,63+,64-,69+/m0/s1. The van der Waals surface area contributed by atoms with E-state index >= 15 is 0 Å². The number of likely N-dealkylation sites (tertiary alicyclic amines) is 1. The van der Waals surface area contributed by atoms with Crippen LogP contribution in [0.2, 0.25) is 0 Å². The number of rotatable bonds is 39. The van der Waals surface area contributed by atoms with Crippen LogP contribution in [0.15, 0.2) is 48.5 Å². The zero-order chi connectivity index (χ0) is 72.7. The number of ketones is 2. The molecule has 2 aliphatic rings. The number of likely N-dealkylation sites (N-methyl/N-ethyl adjacent to an activating group) is 3. The number of methoxy groups -OCH3 is 2. The second kappa shape index (κ2) is 39.5. The third-order valence-electron chi connectivity index (χ3n) is 18.8. The molecule has 544 valence electrons. The van der Waals surface area contributed by atoms with Crippen LogP contribution in [-0.4, -0.2) is 226 Å². The number of benzene rings is 2. The summed E-state index contributed by atoms with van der Waals surface area (Å²) in [5.74, 6) is -7.20. The highest BCUT2D eigenvalue weighted by Crippen LogP contribution is 2.34. The van der Waals surface area contributed by atoms with Crippen molar-refractivity contribution < 1.29 is 97.2 Å². The van der Waals surface area contributed by atoms with Crippen molar-refractivity contribution in [3.63, 3.8) is 0 Å². The maximum Gasteiger partial charge on any atom is 0.410 e. The van der Waals surface area contributed by atoms with Crippen molar-refractivity contribution in [2.75, 3.05) is 60.3 Å². The van der Waals surface area contributed by atoms with Gasteiger partial charge >= 0.3 is 12.1 Å². The summed E-state index contributed by atoms with van der Waals surface area (Å²) in [6.45, 7) is 17.5. The topological polar surface area (TPSA) is 367 Å². The predicted molar refractivity (Wildman–Crippen MR) is 358 cm³/mol. The predicted octanol–water partition coefficient (Wildman–Crippen LogP) is 5.02.